The smallest absolute Gasteiger partial charge is 0.427 e. The predicted molar refractivity (Wildman–Crippen MR) is 149 cm³/mol. The second kappa shape index (κ2) is 10.0. The van der Waals surface area contributed by atoms with Crippen LogP contribution in [0, 0.1) is 0 Å². The Kier molecular flexibility index (Phi) is 8.37. The zero-order chi connectivity index (χ0) is 26.1. The molecule has 0 aromatic heterocycles. The summed E-state index contributed by atoms with van der Waals surface area (Å²) in [6, 6.07) is 0. The Bertz CT molecular complexity index is 1070. The van der Waals surface area contributed by atoms with Gasteiger partial charge in [-0.3, -0.25) is 0 Å². The Morgan fingerprint density at radius 2 is 1.53 bits per heavy atom. The van der Waals surface area contributed by atoms with Crippen LogP contribution >= 0.6 is 0 Å². The van der Waals surface area contributed by atoms with Crippen LogP contribution in [-0.2, 0) is 14.0 Å². The lowest BCUT2D eigenvalue weighted by Gasteiger charge is -2.38. The number of allylic oxidation sites excluding steroid dienone is 2. The number of hydrogen-bond acceptors (Lipinski definition) is 4. The van der Waals surface area contributed by atoms with E-state index in [0.717, 1.165) is 32.5 Å². The van der Waals surface area contributed by atoms with Crippen molar-refractivity contribution < 1.29 is 19.1 Å². The summed E-state index contributed by atoms with van der Waals surface area (Å²) in [6.07, 6.45) is 11.8. The third-order valence-corrected chi connectivity index (χ3v) is 7.46. The van der Waals surface area contributed by atoms with Gasteiger partial charge in [0, 0.05) is 0 Å². The molecule has 0 radical (unpaired) electrons. The normalized spacial score (nSPS) is 19.2. The maximum Gasteiger partial charge on any atom is 0.496 e. The van der Waals surface area contributed by atoms with Gasteiger partial charge in [-0.05, 0) is 102 Å². The van der Waals surface area contributed by atoms with E-state index in [2.05, 4.69) is 53.0 Å². The van der Waals surface area contributed by atoms with E-state index in [1.165, 1.54) is 0 Å². The standard InChI is InChI=1S/C28H42B2O4/c1-13-17-21-19(15-3)23(29-32-26(7,8)25(5,6)31)20(16-4)22(18-14-2)24(21)30-33-27(9,10)28(11,12)34-30/h13-18,29,31H,1,4H2,2-3,5-12H3/b18-14-,19-15+,21-17+. The highest BCUT2D eigenvalue weighted by molar-refractivity contribution is 6.63. The highest BCUT2D eigenvalue weighted by atomic mass is 16.7. The average molecular weight is 464 g/mol. The number of aliphatic hydroxyl groups is 1. The monoisotopic (exact) mass is 464 g/mol. The van der Waals surface area contributed by atoms with Crippen molar-refractivity contribution in [1.82, 2.24) is 0 Å². The summed E-state index contributed by atoms with van der Waals surface area (Å²) < 4.78 is 19.3. The SMILES string of the molecule is C=C/C=c1/c(B2OC(C)(C)C(C)(C)O2)c(/C=C\C)c(C=C)c(BOC(C)(C)C(C)(C)O)/c1=C/C. The van der Waals surface area contributed by atoms with Gasteiger partial charge in [-0.15, -0.1) is 0 Å². The molecule has 6 heteroatoms. The first-order valence-electron chi connectivity index (χ1n) is 12.0. The third kappa shape index (κ3) is 5.21. The van der Waals surface area contributed by atoms with E-state index in [9.17, 15) is 5.11 Å². The van der Waals surface area contributed by atoms with E-state index < -0.39 is 29.5 Å². The number of benzene rings is 1. The van der Waals surface area contributed by atoms with E-state index in [0.29, 0.717) is 7.48 Å². The lowest BCUT2D eigenvalue weighted by molar-refractivity contribution is -0.0893. The summed E-state index contributed by atoms with van der Waals surface area (Å²) >= 11 is 0. The van der Waals surface area contributed by atoms with Gasteiger partial charge in [-0.2, -0.15) is 0 Å². The Balaban J connectivity index is 2.91. The van der Waals surface area contributed by atoms with Crippen LogP contribution in [0.5, 0.6) is 0 Å². The predicted octanol–water partition coefficient (Wildman–Crippen LogP) is 2.97. The molecule has 1 aliphatic heterocycles. The summed E-state index contributed by atoms with van der Waals surface area (Å²) in [5.41, 5.74) is 1.17. The van der Waals surface area contributed by atoms with Crippen molar-refractivity contribution >= 4 is 49.8 Å². The summed E-state index contributed by atoms with van der Waals surface area (Å²) in [6.45, 7) is 27.7. The molecule has 0 amide bonds. The van der Waals surface area contributed by atoms with Crippen LogP contribution in [-0.4, -0.2) is 42.1 Å². The molecule has 0 spiro atoms. The zero-order valence-electron chi connectivity index (χ0n) is 22.8. The second-order valence-electron chi connectivity index (χ2n) is 10.9. The van der Waals surface area contributed by atoms with Gasteiger partial charge in [0.05, 0.1) is 22.4 Å². The van der Waals surface area contributed by atoms with Crippen molar-refractivity contribution in [2.24, 2.45) is 0 Å². The van der Waals surface area contributed by atoms with E-state index in [-0.39, 0.29) is 0 Å². The molecular formula is C28H42B2O4. The number of hydrogen-bond donors (Lipinski definition) is 1. The Hall–Kier alpha value is -1.85. The van der Waals surface area contributed by atoms with Crippen LogP contribution in [0.3, 0.4) is 0 Å². The lowest BCUT2D eigenvalue weighted by atomic mass is 9.67. The van der Waals surface area contributed by atoms with Gasteiger partial charge < -0.3 is 19.1 Å². The third-order valence-electron chi connectivity index (χ3n) is 7.46. The lowest BCUT2D eigenvalue weighted by Crippen LogP contribution is -2.59. The molecule has 34 heavy (non-hydrogen) atoms. The van der Waals surface area contributed by atoms with Gasteiger partial charge in [-0.25, -0.2) is 0 Å². The highest BCUT2D eigenvalue weighted by Gasteiger charge is 2.52. The van der Waals surface area contributed by atoms with Crippen LogP contribution in [0.2, 0.25) is 0 Å². The number of rotatable bonds is 8. The van der Waals surface area contributed by atoms with Crippen molar-refractivity contribution in [3.63, 3.8) is 0 Å². The van der Waals surface area contributed by atoms with Gasteiger partial charge in [0.15, 0.2) is 0 Å². The molecule has 1 aromatic rings. The molecule has 0 saturated carbocycles. The van der Waals surface area contributed by atoms with Crippen molar-refractivity contribution in [2.75, 3.05) is 0 Å². The van der Waals surface area contributed by atoms with Crippen LogP contribution in [0.25, 0.3) is 24.3 Å². The van der Waals surface area contributed by atoms with Crippen LogP contribution in [0.1, 0.15) is 80.4 Å². The second-order valence-corrected chi connectivity index (χ2v) is 10.9. The van der Waals surface area contributed by atoms with E-state index >= 15 is 0 Å². The molecule has 184 valence electrons. The molecule has 0 unspecified atom stereocenters. The minimum Gasteiger partial charge on any atom is -0.427 e. The minimum absolute atomic E-state index is 0.310. The van der Waals surface area contributed by atoms with E-state index in [4.69, 9.17) is 14.0 Å². The molecule has 1 aromatic carbocycles. The molecule has 0 bridgehead atoms. The van der Waals surface area contributed by atoms with Crippen molar-refractivity contribution in [2.45, 2.75) is 91.6 Å². The van der Waals surface area contributed by atoms with E-state index in [1.807, 2.05) is 45.9 Å². The van der Waals surface area contributed by atoms with Crippen molar-refractivity contribution in [1.29, 1.82) is 0 Å². The first-order valence-corrected chi connectivity index (χ1v) is 12.0. The van der Waals surface area contributed by atoms with Gasteiger partial charge in [0.1, 0.15) is 0 Å². The quantitative estimate of drug-likeness (QED) is 0.602. The van der Waals surface area contributed by atoms with Crippen molar-refractivity contribution in [3.8, 4) is 0 Å². The molecule has 2 rings (SSSR count). The van der Waals surface area contributed by atoms with E-state index in [1.54, 1.807) is 19.9 Å². The highest BCUT2D eigenvalue weighted by Crippen LogP contribution is 2.36. The Labute approximate surface area is 207 Å². The average Bonchev–Trinajstić information content (AvgIpc) is 2.92. The molecule has 0 atom stereocenters. The fraction of sp³-hybridized carbons (Fsp3) is 0.500. The Morgan fingerprint density at radius 3 is 1.94 bits per heavy atom. The van der Waals surface area contributed by atoms with Crippen LogP contribution in [0.4, 0.5) is 0 Å². The molecule has 1 fully saturated rings. The molecule has 1 N–H and O–H groups in total. The molecule has 1 saturated heterocycles. The van der Waals surface area contributed by atoms with Gasteiger partial charge >= 0.3 is 14.6 Å². The first-order chi connectivity index (χ1) is 15.6. The van der Waals surface area contributed by atoms with Gasteiger partial charge in [0.2, 0.25) is 0 Å². The van der Waals surface area contributed by atoms with Gasteiger partial charge in [0.25, 0.3) is 0 Å². The topological polar surface area (TPSA) is 47.9 Å². The minimum atomic E-state index is -1.01. The molecule has 4 nitrogen and oxygen atoms in total. The summed E-state index contributed by atoms with van der Waals surface area (Å²) in [7, 11) is -0.243. The Morgan fingerprint density at radius 1 is 0.971 bits per heavy atom. The molecule has 1 heterocycles. The maximum atomic E-state index is 10.6. The van der Waals surface area contributed by atoms with Crippen LogP contribution < -0.4 is 21.4 Å². The largest absolute Gasteiger partial charge is 0.496 e. The summed E-state index contributed by atoms with van der Waals surface area (Å²) in [5, 5.41) is 12.6. The van der Waals surface area contributed by atoms with Gasteiger partial charge in [-0.1, -0.05) is 49.6 Å². The summed E-state index contributed by atoms with van der Waals surface area (Å²) in [4.78, 5) is 0. The fourth-order valence-corrected chi connectivity index (χ4v) is 3.91. The molecule has 0 aliphatic carbocycles. The summed E-state index contributed by atoms with van der Waals surface area (Å²) in [5.74, 6) is 0. The fourth-order valence-electron chi connectivity index (χ4n) is 3.91. The van der Waals surface area contributed by atoms with Crippen LogP contribution in [0.15, 0.2) is 25.3 Å². The molecule has 1 aliphatic rings. The zero-order valence-corrected chi connectivity index (χ0v) is 22.8. The first kappa shape index (κ1) is 28.4. The maximum absolute atomic E-state index is 10.6. The van der Waals surface area contributed by atoms with Crippen molar-refractivity contribution in [3.05, 3.63) is 46.9 Å². The molecular weight excluding hydrogens is 422 g/mol.